The molecule has 1 fully saturated rings. The van der Waals surface area contributed by atoms with E-state index in [9.17, 15) is 0 Å². The Labute approximate surface area is 121 Å². The van der Waals surface area contributed by atoms with Crippen LogP contribution in [0.4, 0.5) is 0 Å². The summed E-state index contributed by atoms with van der Waals surface area (Å²) < 4.78 is 11.5. The van der Waals surface area contributed by atoms with Crippen molar-refractivity contribution in [3.63, 3.8) is 0 Å². The summed E-state index contributed by atoms with van der Waals surface area (Å²) in [4.78, 5) is 0. The Morgan fingerprint density at radius 2 is 1.85 bits per heavy atom. The topological polar surface area (TPSA) is 18.5 Å². The molecule has 5 atom stereocenters. The molecule has 0 aromatic heterocycles. The molecule has 20 heavy (non-hydrogen) atoms. The molecule has 0 saturated carbocycles. The molecule has 1 heterocycles. The molecule has 1 aliphatic carbocycles. The van der Waals surface area contributed by atoms with Gasteiger partial charge in [-0.1, -0.05) is 37.6 Å². The fourth-order valence-corrected chi connectivity index (χ4v) is 4.04. The van der Waals surface area contributed by atoms with Crippen molar-refractivity contribution < 1.29 is 9.47 Å². The van der Waals surface area contributed by atoms with E-state index < -0.39 is 0 Å². The number of hydrogen-bond donors (Lipinski definition) is 0. The molecule has 1 aromatic rings. The first-order valence-corrected chi connectivity index (χ1v) is 7.55. The van der Waals surface area contributed by atoms with Gasteiger partial charge in [0.25, 0.3) is 0 Å². The summed E-state index contributed by atoms with van der Waals surface area (Å²) in [6.45, 7) is 7.84. The van der Waals surface area contributed by atoms with Gasteiger partial charge in [0, 0.05) is 5.92 Å². The van der Waals surface area contributed by atoms with Crippen LogP contribution in [0.3, 0.4) is 0 Å². The average molecular weight is 272 g/mol. The third-order valence-electron chi connectivity index (χ3n) is 5.21. The number of fused-ring (bicyclic) bond motifs is 2. The smallest absolute Gasteiger partial charge is 0.118 e. The number of methoxy groups -OCH3 is 1. The predicted molar refractivity (Wildman–Crippen MR) is 80.8 cm³/mol. The molecule has 2 heteroatoms. The standard InChI is InChI=1S/C18H24O2/c1-11-9-12(2)17-13(3)16(11)10-20-18(17)14-5-7-15(19-4)8-6-14/h5-9,11,13,16-18H,10H2,1-4H3/t11-,13+,16-,17-,18-/m0/s1. The number of allylic oxidation sites excluding steroid dienone is 1. The Morgan fingerprint density at radius 3 is 2.50 bits per heavy atom. The van der Waals surface area contributed by atoms with E-state index in [4.69, 9.17) is 9.47 Å². The first kappa shape index (κ1) is 13.7. The lowest BCUT2D eigenvalue weighted by molar-refractivity contribution is -0.0934. The van der Waals surface area contributed by atoms with Gasteiger partial charge in [-0.25, -0.2) is 0 Å². The summed E-state index contributed by atoms with van der Waals surface area (Å²) in [5.74, 6) is 3.41. The van der Waals surface area contributed by atoms with E-state index in [1.54, 1.807) is 7.11 Å². The average Bonchev–Trinajstić information content (AvgIpc) is 2.45. The molecular formula is C18H24O2. The van der Waals surface area contributed by atoms with Crippen LogP contribution in [-0.2, 0) is 4.74 Å². The van der Waals surface area contributed by atoms with Crippen LogP contribution in [0.5, 0.6) is 5.75 Å². The summed E-state index contributed by atoms with van der Waals surface area (Å²) in [6, 6.07) is 8.34. The van der Waals surface area contributed by atoms with Crippen LogP contribution in [0.15, 0.2) is 35.9 Å². The highest BCUT2D eigenvalue weighted by molar-refractivity contribution is 5.31. The van der Waals surface area contributed by atoms with E-state index >= 15 is 0 Å². The molecular weight excluding hydrogens is 248 g/mol. The van der Waals surface area contributed by atoms with Crippen molar-refractivity contribution in [3.05, 3.63) is 41.5 Å². The fourth-order valence-electron chi connectivity index (χ4n) is 4.04. The van der Waals surface area contributed by atoms with Crippen molar-refractivity contribution in [2.24, 2.45) is 23.7 Å². The third kappa shape index (κ3) is 2.16. The van der Waals surface area contributed by atoms with E-state index in [2.05, 4.69) is 39.0 Å². The van der Waals surface area contributed by atoms with Crippen molar-refractivity contribution in [1.82, 2.24) is 0 Å². The first-order valence-electron chi connectivity index (χ1n) is 7.55. The molecule has 0 spiro atoms. The molecule has 2 aliphatic rings. The van der Waals surface area contributed by atoms with Crippen molar-refractivity contribution in [3.8, 4) is 5.75 Å². The number of hydrogen-bond acceptors (Lipinski definition) is 2. The van der Waals surface area contributed by atoms with Crippen molar-refractivity contribution in [2.45, 2.75) is 26.9 Å². The zero-order valence-corrected chi connectivity index (χ0v) is 12.8. The van der Waals surface area contributed by atoms with Gasteiger partial charge in [-0.15, -0.1) is 0 Å². The largest absolute Gasteiger partial charge is 0.497 e. The van der Waals surface area contributed by atoms with Crippen LogP contribution in [0, 0.1) is 23.7 Å². The molecule has 2 nitrogen and oxygen atoms in total. The summed E-state index contributed by atoms with van der Waals surface area (Å²) in [7, 11) is 1.70. The highest BCUT2D eigenvalue weighted by Crippen LogP contribution is 2.49. The molecule has 1 aromatic carbocycles. The van der Waals surface area contributed by atoms with Crippen molar-refractivity contribution >= 4 is 0 Å². The maximum absolute atomic E-state index is 6.23. The molecule has 0 amide bonds. The molecule has 0 unspecified atom stereocenters. The summed E-state index contributed by atoms with van der Waals surface area (Å²) >= 11 is 0. The van der Waals surface area contributed by atoms with Crippen LogP contribution in [-0.4, -0.2) is 13.7 Å². The zero-order chi connectivity index (χ0) is 14.3. The minimum absolute atomic E-state index is 0.191. The summed E-state index contributed by atoms with van der Waals surface area (Å²) in [6.07, 6.45) is 2.64. The SMILES string of the molecule is COc1ccc([C@@H]2OC[C@@H]3[C@@H](C)[C@@H]2C(C)=C[C@@H]3C)cc1. The van der Waals surface area contributed by atoms with Gasteiger partial charge in [-0.3, -0.25) is 0 Å². The second-order valence-corrected chi connectivity index (χ2v) is 6.35. The monoisotopic (exact) mass is 272 g/mol. The lowest BCUT2D eigenvalue weighted by Crippen LogP contribution is -2.42. The Balaban J connectivity index is 1.92. The normalized spacial score (nSPS) is 36.4. The Kier molecular flexibility index (Phi) is 3.59. The van der Waals surface area contributed by atoms with E-state index in [0.29, 0.717) is 23.7 Å². The maximum Gasteiger partial charge on any atom is 0.118 e. The van der Waals surface area contributed by atoms with Gasteiger partial charge >= 0.3 is 0 Å². The zero-order valence-electron chi connectivity index (χ0n) is 12.8. The van der Waals surface area contributed by atoms with Crippen LogP contribution in [0.1, 0.15) is 32.4 Å². The van der Waals surface area contributed by atoms with Gasteiger partial charge in [0.05, 0.1) is 19.8 Å². The summed E-state index contributed by atoms with van der Waals surface area (Å²) in [5, 5.41) is 0. The van der Waals surface area contributed by atoms with Gasteiger partial charge < -0.3 is 9.47 Å². The van der Waals surface area contributed by atoms with Gasteiger partial charge in [0.2, 0.25) is 0 Å². The second kappa shape index (κ2) is 5.25. The number of rotatable bonds is 2. The highest BCUT2D eigenvalue weighted by Gasteiger charge is 2.43. The highest BCUT2D eigenvalue weighted by atomic mass is 16.5. The predicted octanol–water partition coefficient (Wildman–Crippen LogP) is 4.23. The number of ether oxygens (including phenoxy) is 2. The van der Waals surface area contributed by atoms with E-state index in [1.807, 2.05) is 12.1 Å². The van der Waals surface area contributed by atoms with Crippen LogP contribution < -0.4 is 4.74 Å². The van der Waals surface area contributed by atoms with Gasteiger partial charge in [-0.2, -0.15) is 0 Å². The molecule has 0 radical (unpaired) electrons. The van der Waals surface area contributed by atoms with E-state index in [-0.39, 0.29) is 6.10 Å². The van der Waals surface area contributed by atoms with Gasteiger partial charge in [0.1, 0.15) is 5.75 Å². The quantitative estimate of drug-likeness (QED) is 0.750. The molecule has 3 rings (SSSR count). The van der Waals surface area contributed by atoms with Gasteiger partial charge in [-0.05, 0) is 42.4 Å². The van der Waals surface area contributed by atoms with Gasteiger partial charge in [0.15, 0.2) is 0 Å². The lowest BCUT2D eigenvalue weighted by atomic mass is 9.64. The molecule has 0 N–H and O–H groups in total. The Hall–Kier alpha value is -1.28. The third-order valence-corrected chi connectivity index (χ3v) is 5.21. The van der Waals surface area contributed by atoms with Crippen LogP contribution in [0.2, 0.25) is 0 Å². The van der Waals surface area contributed by atoms with Crippen LogP contribution >= 0.6 is 0 Å². The summed E-state index contributed by atoms with van der Waals surface area (Å²) in [5.41, 5.74) is 2.75. The fraction of sp³-hybridized carbons (Fsp3) is 0.556. The van der Waals surface area contributed by atoms with Crippen molar-refractivity contribution in [1.29, 1.82) is 0 Å². The lowest BCUT2D eigenvalue weighted by Gasteiger charge is -2.47. The second-order valence-electron chi connectivity index (χ2n) is 6.35. The van der Waals surface area contributed by atoms with E-state index in [1.165, 1.54) is 11.1 Å². The molecule has 108 valence electrons. The van der Waals surface area contributed by atoms with E-state index in [0.717, 1.165) is 12.4 Å². The molecule has 1 aliphatic heterocycles. The van der Waals surface area contributed by atoms with Crippen molar-refractivity contribution in [2.75, 3.05) is 13.7 Å². The Morgan fingerprint density at radius 1 is 1.15 bits per heavy atom. The minimum Gasteiger partial charge on any atom is -0.497 e. The minimum atomic E-state index is 0.191. The maximum atomic E-state index is 6.23. The molecule has 2 bridgehead atoms. The Bertz CT molecular complexity index is 503. The first-order chi connectivity index (χ1) is 9.61. The number of benzene rings is 1. The van der Waals surface area contributed by atoms with Crippen LogP contribution in [0.25, 0.3) is 0 Å². The molecule has 1 saturated heterocycles.